The quantitative estimate of drug-likeness (QED) is 0.492. The molecule has 0 heterocycles. The smallest absolute Gasteiger partial charge is 0.179 e. The van der Waals surface area contributed by atoms with Gasteiger partial charge in [-0.2, -0.15) is 5.26 Å². The molecule has 0 aliphatic carbocycles. The third-order valence-electron chi connectivity index (χ3n) is 3.57. The van der Waals surface area contributed by atoms with Gasteiger partial charge in [0, 0.05) is 13.6 Å². The van der Waals surface area contributed by atoms with Crippen molar-refractivity contribution in [2.24, 2.45) is 11.8 Å². The Balaban J connectivity index is 0. The number of nitriles is 1. The zero-order valence-electron chi connectivity index (χ0n) is 13.5. The first-order valence-electron chi connectivity index (χ1n) is 7.30. The van der Waals surface area contributed by atoms with Crippen molar-refractivity contribution in [3.63, 3.8) is 0 Å². The first-order chi connectivity index (χ1) is 8.51. The van der Waals surface area contributed by atoms with E-state index in [0.29, 0.717) is 5.92 Å². The second-order valence-electron chi connectivity index (χ2n) is 4.95. The number of nitrogens with zero attached hydrogens (tertiary/aromatic N) is 3. The van der Waals surface area contributed by atoms with Crippen molar-refractivity contribution < 1.29 is 0 Å². The van der Waals surface area contributed by atoms with E-state index < -0.39 is 0 Å². The Morgan fingerprint density at radius 1 is 1.00 bits per heavy atom. The molecule has 18 heavy (non-hydrogen) atoms. The molecule has 2 unspecified atom stereocenters. The van der Waals surface area contributed by atoms with Gasteiger partial charge < -0.3 is 9.80 Å². The Kier molecular flexibility index (Phi) is 13.8. The third-order valence-corrected chi connectivity index (χ3v) is 3.57. The van der Waals surface area contributed by atoms with Crippen LogP contribution in [0, 0.1) is 23.3 Å². The van der Waals surface area contributed by atoms with Crippen LogP contribution < -0.4 is 0 Å². The number of hydrogen-bond acceptors (Lipinski definition) is 3. The van der Waals surface area contributed by atoms with E-state index in [2.05, 4.69) is 38.9 Å². The van der Waals surface area contributed by atoms with Crippen molar-refractivity contribution in [2.75, 3.05) is 33.7 Å². The molecule has 0 spiro atoms. The van der Waals surface area contributed by atoms with Crippen LogP contribution in [-0.2, 0) is 0 Å². The highest BCUT2D eigenvalue weighted by Crippen LogP contribution is 2.18. The van der Waals surface area contributed by atoms with Gasteiger partial charge in [0.25, 0.3) is 0 Å². The second-order valence-corrected chi connectivity index (χ2v) is 4.95. The SMILES string of the molecule is CC.CCN(C)CCC(C)C(C)CCN(C)C#N. The topological polar surface area (TPSA) is 30.3 Å². The summed E-state index contributed by atoms with van der Waals surface area (Å²) in [7, 11) is 4.02. The minimum atomic E-state index is 0.695. The Morgan fingerprint density at radius 2 is 1.44 bits per heavy atom. The molecule has 0 bridgehead atoms. The summed E-state index contributed by atoms with van der Waals surface area (Å²) in [5.41, 5.74) is 0. The molecule has 0 fully saturated rings. The fraction of sp³-hybridized carbons (Fsp3) is 0.933. The van der Waals surface area contributed by atoms with Crippen LogP contribution in [0.4, 0.5) is 0 Å². The van der Waals surface area contributed by atoms with E-state index in [4.69, 9.17) is 5.26 Å². The van der Waals surface area contributed by atoms with Gasteiger partial charge in [-0.25, -0.2) is 0 Å². The maximum Gasteiger partial charge on any atom is 0.179 e. The highest BCUT2D eigenvalue weighted by Gasteiger charge is 2.13. The van der Waals surface area contributed by atoms with Crippen LogP contribution >= 0.6 is 0 Å². The van der Waals surface area contributed by atoms with Crippen molar-refractivity contribution >= 4 is 0 Å². The molecule has 0 radical (unpaired) electrons. The monoisotopic (exact) mass is 255 g/mol. The van der Waals surface area contributed by atoms with Gasteiger partial charge in [-0.1, -0.05) is 34.6 Å². The summed E-state index contributed by atoms with van der Waals surface area (Å²) in [4.78, 5) is 4.06. The molecule has 0 aliphatic heterocycles. The van der Waals surface area contributed by atoms with Gasteiger partial charge >= 0.3 is 0 Å². The molecule has 108 valence electrons. The van der Waals surface area contributed by atoms with Gasteiger partial charge in [0.1, 0.15) is 0 Å². The van der Waals surface area contributed by atoms with Gasteiger partial charge in [0.15, 0.2) is 6.19 Å². The molecule has 3 heteroatoms. The third kappa shape index (κ3) is 10.4. The van der Waals surface area contributed by atoms with Crippen LogP contribution in [0.3, 0.4) is 0 Å². The molecule has 0 amide bonds. The predicted molar refractivity (Wildman–Crippen MR) is 80.3 cm³/mol. The van der Waals surface area contributed by atoms with Crippen LogP contribution in [0.1, 0.15) is 47.5 Å². The van der Waals surface area contributed by atoms with Crippen LogP contribution in [0.15, 0.2) is 0 Å². The van der Waals surface area contributed by atoms with Crippen LogP contribution in [0.5, 0.6) is 0 Å². The molecule has 2 atom stereocenters. The fourth-order valence-corrected chi connectivity index (χ4v) is 1.60. The van der Waals surface area contributed by atoms with E-state index in [1.54, 1.807) is 4.90 Å². The van der Waals surface area contributed by atoms with Crippen molar-refractivity contribution in [3.05, 3.63) is 0 Å². The zero-order chi connectivity index (χ0) is 14.6. The van der Waals surface area contributed by atoms with Crippen LogP contribution in [0.2, 0.25) is 0 Å². The molecular weight excluding hydrogens is 222 g/mol. The summed E-state index contributed by atoms with van der Waals surface area (Å²) in [5.74, 6) is 1.43. The lowest BCUT2D eigenvalue weighted by molar-refractivity contribution is 0.263. The van der Waals surface area contributed by atoms with Crippen molar-refractivity contribution in [3.8, 4) is 6.19 Å². The minimum absolute atomic E-state index is 0.695. The lowest BCUT2D eigenvalue weighted by Gasteiger charge is -2.23. The standard InChI is InChI=1S/C13H27N3.C2H6/c1-6-15(4)9-7-12(2)13(3)8-10-16(5)11-14;1-2/h12-13H,6-10H2,1-5H3;1-2H3. The summed E-state index contributed by atoms with van der Waals surface area (Å²) < 4.78 is 0. The molecular formula is C15H33N3. The van der Waals surface area contributed by atoms with Crippen LogP contribution in [0.25, 0.3) is 0 Å². The van der Waals surface area contributed by atoms with Gasteiger partial charge in [-0.15, -0.1) is 0 Å². The fourth-order valence-electron chi connectivity index (χ4n) is 1.60. The number of hydrogen-bond donors (Lipinski definition) is 0. The normalized spacial score (nSPS) is 13.3. The summed E-state index contributed by atoms with van der Waals surface area (Å²) >= 11 is 0. The predicted octanol–water partition coefficient (Wildman–Crippen LogP) is 3.43. The molecule has 0 aromatic heterocycles. The maximum absolute atomic E-state index is 8.66. The number of rotatable bonds is 8. The van der Waals surface area contributed by atoms with Crippen LogP contribution in [-0.4, -0.2) is 43.5 Å². The van der Waals surface area contributed by atoms with Gasteiger partial charge in [0.05, 0.1) is 0 Å². The average molecular weight is 255 g/mol. The van der Waals surface area contributed by atoms with E-state index in [1.165, 1.54) is 13.0 Å². The molecule has 0 N–H and O–H groups in total. The minimum Gasteiger partial charge on any atom is -0.314 e. The van der Waals surface area contributed by atoms with Gasteiger partial charge in [0.2, 0.25) is 0 Å². The summed E-state index contributed by atoms with van der Waals surface area (Å²) in [6.45, 7) is 14.0. The molecule has 3 nitrogen and oxygen atoms in total. The summed E-state index contributed by atoms with van der Waals surface area (Å²) in [5, 5.41) is 8.66. The van der Waals surface area contributed by atoms with Gasteiger partial charge in [-0.05, 0) is 44.8 Å². The summed E-state index contributed by atoms with van der Waals surface area (Å²) in [6, 6.07) is 0. The lowest BCUT2D eigenvalue weighted by Crippen LogP contribution is -2.24. The molecule has 0 saturated heterocycles. The highest BCUT2D eigenvalue weighted by molar-refractivity contribution is 4.71. The van der Waals surface area contributed by atoms with E-state index in [0.717, 1.165) is 25.4 Å². The van der Waals surface area contributed by atoms with E-state index >= 15 is 0 Å². The average Bonchev–Trinajstić information content (AvgIpc) is 2.43. The largest absolute Gasteiger partial charge is 0.314 e. The lowest BCUT2D eigenvalue weighted by atomic mass is 9.90. The molecule has 0 saturated carbocycles. The van der Waals surface area contributed by atoms with E-state index in [-0.39, 0.29) is 0 Å². The first kappa shape index (κ1) is 19.6. The Labute approximate surface area is 115 Å². The molecule has 0 aliphatic rings. The molecule has 0 aromatic carbocycles. The molecule has 0 aromatic rings. The van der Waals surface area contributed by atoms with E-state index in [1.807, 2.05) is 20.9 Å². The Hall–Kier alpha value is -0.750. The van der Waals surface area contributed by atoms with Crippen molar-refractivity contribution in [1.82, 2.24) is 9.80 Å². The molecule has 0 rings (SSSR count). The zero-order valence-corrected chi connectivity index (χ0v) is 13.5. The highest BCUT2D eigenvalue weighted by atomic mass is 15.1. The second kappa shape index (κ2) is 12.7. The van der Waals surface area contributed by atoms with E-state index in [9.17, 15) is 0 Å². The first-order valence-corrected chi connectivity index (χ1v) is 7.30. The summed E-state index contributed by atoms with van der Waals surface area (Å²) in [6.07, 6.45) is 4.51. The van der Waals surface area contributed by atoms with Gasteiger partial charge in [-0.3, -0.25) is 0 Å². The maximum atomic E-state index is 8.66. The Morgan fingerprint density at radius 3 is 1.83 bits per heavy atom. The Bertz CT molecular complexity index is 210. The van der Waals surface area contributed by atoms with Crippen molar-refractivity contribution in [2.45, 2.75) is 47.5 Å². The van der Waals surface area contributed by atoms with Crippen molar-refractivity contribution in [1.29, 1.82) is 5.26 Å².